The van der Waals surface area contributed by atoms with E-state index < -0.39 is 12.0 Å². The fraction of sp³-hybridized carbons (Fsp3) is 0.429. The highest BCUT2D eigenvalue weighted by Gasteiger charge is 2.14. The van der Waals surface area contributed by atoms with Crippen LogP contribution in [0.1, 0.15) is 13.8 Å². The number of hydrogen-bond acceptors (Lipinski definition) is 4. The van der Waals surface area contributed by atoms with E-state index in [4.69, 9.17) is 27.3 Å². The van der Waals surface area contributed by atoms with Gasteiger partial charge < -0.3 is 16.2 Å². The standard InChI is InChI=1S/C9H11ClN2O2.C5H11NO2/c1-12(14-2)9(13)11-8-5-3-7(10)4-6-8;1-3(2)4(6)5(7)8/h3-6H,1-2H3,(H,11,13);3-4H,6H2,1-2H3,(H,7,8)/t;4-/m.0/s1. The summed E-state index contributed by atoms with van der Waals surface area (Å²) < 4.78 is 0. The Balaban J connectivity index is 0.000000472. The van der Waals surface area contributed by atoms with Gasteiger partial charge in [-0.1, -0.05) is 25.4 Å². The number of carboxylic acid groups (broad SMARTS) is 1. The molecule has 0 aliphatic carbocycles. The summed E-state index contributed by atoms with van der Waals surface area (Å²) in [5.74, 6) is -0.910. The van der Waals surface area contributed by atoms with Crippen LogP contribution in [0, 0.1) is 5.92 Å². The number of aliphatic carboxylic acids is 1. The van der Waals surface area contributed by atoms with Gasteiger partial charge in [-0.2, -0.15) is 0 Å². The SMILES string of the molecule is CC(C)[C@H](N)C(=O)O.CON(C)C(=O)Nc1ccc(Cl)cc1. The van der Waals surface area contributed by atoms with Crippen LogP contribution < -0.4 is 11.1 Å². The van der Waals surface area contributed by atoms with E-state index in [1.165, 1.54) is 14.2 Å². The van der Waals surface area contributed by atoms with Gasteiger partial charge in [-0.15, -0.1) is 0 Å². The average Bonchev–Trinajstić information content (AvgIpc) is 2.48. The van der Waals surface area contributed by atoms with Crippen LogP contribution in [0.2, 0.25) is 5.02 Å². The lowest BCUT2D eigenvalue weighted by Crippen LogP contribution is -2.34. The molecule has 2 amide bonds. The number of halogens is 1. The number of carbonyl (C=O) groups excluding carboxylic acids is 1. The number of hydroxylamine groups is 2. The van der Waals surface area contributed by atoms with E-state index in [9.17, 15) is 9.59 Å². The van der Waals surface area contributed by atoms with Crippen molar-refractivity contribution in [2.24, 2.45) is 11.7 Å². The van der Waals surface area contributed by atoms with Crippen LogP contribution in [0.25, 0.3) is 0 Å². The molecule has 0 spiro atoms. The van der Waals surface area contributed by atoms with E-state index in [-0.39, 0.29) is 11.9 Å². The quantitative estimate of drug-likeness (QED) is 0.735. The zero-order chi connectivity index (χ0) is 17.3. The molecule has 0 bridgehead atoms. The van der Waals surface area contributed by atoms with Crippen LogP contribution >= 0.6 is 11.6 Å². The lowest BCUT2D eigenvalue weighted by atomic mass is 10.1. The molecule has 4 N–H and O–H groups in total. The van der Waals surface area contributed by atoms with E-state index in [0.717, 1.165) is 5.06 Å². The first-order chi connectivity index (χ1) is 10.2. The van der Waals surface area contributed by atoms with Crippen molar-refractivity contribution in [3.8, 4) is 0 Å². The molecule has 124 valence electrons. The Morgan fingerprint density at radius 1 is 1.32 bits per heavy atom. The van der Waals surface area contributed by atoms with Crippen LogP contribution in [0.15, 0.2) is 24.3 Å². The molecule has 1 aromatic carbocycles. The van der Waals surface area contributed by atoms with Gasteiger partial charge in [0, 0.05) is 17.8 Å². The Morgan fingerprint density at radius 3 is 2.14 bits per heavy atom. The molecule has 0 fully saturated rings. The summed E-state index contributed by atoms with van der Waals surface area (Å²) in [6.07, 6.45) is 0. The maximum Gasteiger partial charge on any atom is 0.345 e. The fourth-order valence-corrected chi connectivity index (χ4v) is 1.23. The van der Waals surface area contributed by atoms with Gasteiger partial charge in [0.05, 0.1) is 7.11 Å². The molecule has 8 heteroatoms. The van der Waals surface area contributed by atoms with Crippen LogP contribution in [-0.4, -0.2) is 42.4 Å². The minimum Gasteiger partial charge on any atom is -0.480 e. The number of amides is 2. The molecule has 22 heavy (non-hydrogen) atoms. The fourth-order valence-electron chi connectivity index (χ4n) is 1.10. The molecular formula is C14H22ClN3O4. The van der Waals surface area contributed by atoms with E-state index in [2.05, 4.69) is 5.32 Å². The highest BCUT2D eigenvalue weighted by atomic mass is 35.5. The molecule has 0 saturated heterocycles. The Kier molecular flexibility index (Phi) is 9.16. The third-order valence-electron chi connectivity index (χ3n) is 2.66. The van der Waals surface area contributed by atoms with Crippen molar-refractivity contribution in [3.05, 3.63) is 29.3 Å². The topological polar surface area (TPSA) is 105 Å². The summed E-state index contributed by atoms with van der Waals surface area (Å²) >= 11 is 5.69. The third-order valence-corrected chi connectivity index (χ3v) is 2.91. The summed E-state index contributed by atoms with van der Waals surface area (Å²) in [7, 11) is 2.94. The molecule has 0 aromatic heterocycles. The molecule has 0 unspecified atom stereocenters. The molecule has 1 atom stereocenters. The summed E-state index contributed by atoms with van der Waals surface area (Å²) in [6, 6.07) is 5.77. The number of nitrogens with zero attached hydrogens (tertiary/aromatic N) is 1. The first kappa shape index (κ1) is 20.2. The van der Waals surface area contributed by atoms with Gasteiger partial charge in [-0.3, -0.25) is 9.63 Å². The lowest BCUT2D eigenvalue weighted by molar-refractivity contribution is -0.139. The number of anilines is 1. The third kappa shape index (κ3) is 7.82. The predicted molar refractivity (Wildman–Crippen MR) is 85.7 cm³/mol. The number of carboxylic acids is 1. The van der Waals surface area contributed by atoms with Crippen LogP contribution in [0.5, 0.6) is 0 Å². The molecule has 0 aliphatic rings. The molecule has 0 radical (unpaired) electrons. The van der Waals surface area contributed by atoms with Gasteiger partial charge >= 0.3 is 12.0 Å². The van der Waals surface area contributed by atoms with Crippen LogP contribution in [0.3, 0.4) is 0 Å². The second-order valence-corrected chi connectivity index (χ2v) is 5.16. The van der Waals surface area contributed by atoms with Gasteiger partial charge in [0.15, 0.2) is 0 Å². The van der Waals surface area contributed by atoms with Crippen molar-refractivity contribution in [1.82, 2.24) is 5.06 Å². The maximum absolute atomic E-state index is 11.3. The number of carbonyl (C=O) groups is 2. The van der Waals surface area contributed by atoms with E-state index in [0.29, 0.717) is 10.7 Å². The number of nitrogens with two attached hydrogens (primary N) is 1. The summed E-state index contributed by atoms with van der Waals surface area (Å²) in [6.45, 7) is 3.55. The second-order valence-electron chi connectivity index (χ2n) is 4.73. The Bertz CT molecular complexity index is 479. The first-order valence-electron chi connectivity index (χ1n) is 6.51. The van der Waals surface area contributed by atoms with Gasteiger partial charge in [0.2, 0.25) is 0 Å². The zero-order valence-electron chi connectivity index (χ0n) is 13.0. The number of benzene rings is 1. The smallest absolute Gasteiger partial charge is 0.345 e. The summed E-state index contributed by atoms with van der Waals surface area (Å²) in [5, 5.41) is 12.6. The minimum absolute atomic E-state index is 0.0208. The van der Waals surface area contributed by atoms with Gasteiger partial charge in [0.1, 0.15) is 6.04 Å². The molecule has 7 nitrogen and oxygen atoms in total. The maximum atomic E-state index is 11.3. The molecule has 1 aromatic rings. The normalized spacial score (nSPS) is 11.2. The van der Waals surface area contributed by atoms with Crippen molar-refractivity contribution in [3.63, 3.8) is 0 Å². The summed E-state index contributed by atoms with van der Waals surface area (Å²) in [4.78, 5) is 26.0. The number of nitrogens with one attached hydrogen (secondary N) is 1. The van der Waals surface area contributed by atoms with E-state index in [1.54, 1.807) is 38.1 Å². The van der Waals surface area contributed by atoms with Crippen LogP contribution in [0.4, 0.5) is 10.5 Å². The Hall–Kier alpha value is -1.83. The highest BCUT2D eigenvalue weighted by molar-refractivity contribution is 6.30. The second kappa shape index (κ2) is 9.99. The lowest BCUT2D eigenvalue weighted by Gasteiger charge is -2.14. The molecule has 1 rings (SSSR count). The predicted octanol–water partition coefficient (Wildman–Crippen LogP) is 2.42. The van der Waals surface area contributed by atoms with Crippen molar-refractivity contribution in [2.75, 3.05) is 19.5 Å². The number of hydrogen-bond donors (Lipinski definition) is 3. The molecule has 0 saturated carbocycles. The van der Waals surface area contributed by atoms with Crippen molar-refractivity contribution < 1.29 is 19.5 Å². The zero-order valence-corrected chi connectivity index (χ0v) is 13.8. The van der Waals surface area contributed by atoms with Crippen molar-refractivity contribution in [1.29, 1.82) is 0 Å². The minimum atomic E-state index is -0.931. The highest BCUT2D eigenvalue weighted by Crippen LogP contribution is 2.13. The molecule has 0 heterocycles. The van der Waals surface area contributed by atoms with E-state index >= 15 is 0 Å². The average molecular weight is 332 g/mol. The Morgan fingerprint density at radius 2 is 1.82 bits per heavy atom. The van der Waals surface area contributed by atoms with Gasteiger partial charge in [-0.25, -0.2) is 9.86 Å². The number of rotatable bonds is 4. The number of urea groups is 1. The monoisotopic (exact) mass is 331 g/mol. The van der Waals surface area contributed by atoms with Crippen molar-refractivity contribution >= 4 is 29.3 Å². The van der Waals surface area contributed by atoms with Crippen molar-refractivity contribution in [2.45, 2.75) is 19.9 Å². The molecule has 0 aliphatic heterocycles. The summed E-state index contributed by atoms with van der Waals surface area (Å²) in [5.41, 5.74) is 5.83. The van der Waals surface area contributed by atoms with Gasteiger partial charge in [-0.05, 0) is 30.2 Å². The molecular weight excluding hydrogens is 310 g/mol. The van der Waals surface area contributed by atoms with E-state index in [1.807, 2.05) is 0 Å². The first-order valence-corrected chi connectivity index (χ1v) is 6.89. The van der Waals surface area contributed by atoms with Crippen LogP contribution in [-0.2, 0) is 9.63 Å². The van der Waals surface area contributed by atoms with Gasteiger partial charge in [0.25, 0.3) is 0 Å². The largest absolute Gasteiger partial charge is 0.480 e. The Labute approximate surface area is 134 Å².